The van der Waals surface area contributed by atoms with Crippen molar-refractivity contribution in [1.29, 1.82) is 0 Å². The molecule has 3 aromatic rings. The zero-order valence-electron chi connectivity index (χ0n) is 15.2. The molecule has 1 aliphatic carbocycles. The summed E-state index contributed by atoms with van der Waals surface area (Å²) in [7, 11) is 0. The molecule has 2 amide bonds. The Morgan fingerprint density at radius 3 is 2.72 bits per heavy atom. The predicted molar refractivity (Wildman–Crippen MR) is 112 cm³/mol. The number of thiophene rings is 1. The van der Waals surface area contributed by atoms with E-state index in [9.17, 15) is 9.59 Å². The van der Waals surface area contributed by atoms with Gasteiger partial charge in [-0.05, 0) is 61.6 Å². The third kappa shape index (κ3) is 4.98. The fourth-order valence-corrected chi connectivity index (χ4v) is 4.77. The Labute approximate surface area is 180 Å². The van der Waals surface area contributed by atoms with E-state index in [0.29, 0.717) is 15.8 Å². The Hall–Kier alpha value is -2.36. The van der Waals surface area contributed by atoms with Crippen molar-refractivity contribution < 1.29 is 14.0 Å². The van der Waals surface area contributed by atoms with Crippen LogP contribution in [-0.4, -0.2) is 27.8 Å². The molecule has 0 unspecified atom stereocenters. The smallest absolute Gasteiger partial charge is 0.279 e. The maximum absolute atomic E-state index is 12.3. The summed E-state index contributed by atoms with van der Waals surface area (Å²) >= 11 is 8.45. The van der Waals surface area contributed by atoms with Crippen molar-refractivity contribution in [3.8, 4) is 11.5 Å². The van der Waals surface area contributed by atoms with Crippen molar-refractivity contribution in [2.75, 3.05) is 5.75 Å². The molecule has 2 heterocycles. The van der Waals surface area contributed by atoms with Crippen molar-refractivity contribution in [3.05, 3.63) is 50.7 Å². The van der Waals surface area contributed by atoms with Crippen molar-refractivity contribution in [3.63, 3.8) is 0 Å². The van der Waals surface area contributed by atoms with Crippen LogP contribution in [0, 0.1) is 0 Å². The molecule has 0 saturated heterocycles. The van der Waals surface area contributed by atoms with Crippen molar-refractivity contribution in [1.82, 2.24) is 21.0 Å². The molecule has 0 atom stereocenters. The van der Waals surface area contributed by atoms with Gasteiger partial charge < -0.3 is 4.42 Å². The number of nitrogens with one attached hydrogen (secondary N) is 2. The van der Waals surface area contributed by atoms with Crippen molar-refractivity contribution in [2.24, 2.45) is 0 Å². The number of amides is 2. The molecule has 10 heteroatoms. The van der Waals surface area contributed by atoms with Crippen LogP contribution in [0.15, 0.2) is 40.0 Å². The average molecular weight is 449 g/mol. The monoisotopic (exact) mass is 448 g/mol. The molecule has 0 fully saturated rings. The number of hydrazine groups is 1. The predicted octanol–water partition coefficient (Wildman–Crippen LogP) is 3.88. The van der Waals surface area contributed by atoms with Crippen LogP contribution in [0.4, 0.5) is 0 Å². The van der Waals surface area contributed by atoms with Gasteiger partial charge in [-0.25, -0.2) is 0 Å². The van der Waals surface area contributed by atoms with E-state index in [1.54, 1.807) is 24.3 Å². The van der Waals surface area contributed by atoms with Gasteiger partial charge in [0.05, 0.1) is 10.6 Å². The number of fused-ring (bicyclic) bond motifs is 1. The fourth-order valence-electron chi connectivity index (χ4n) is 2.93. The molecule has 1 aromatic carbocycles. The quantitative estimate of drug-likeness (QED) is 0.454. The number of aryl methyl sites for hydroxylation is 2. The number of hydrogen-bond donors (Lipinski definition) is 2. The van der Waals surface area contributed by atoms with E-state index >= 15 is 0 Å². The maximum atomic E-state index is 12.3. The van der Waals surface area contributed by atoms with Gasteiger partial charge in [-0.2, -0.15) is 0 Å². The Kier molecular flexibility index (Phi) is 6.17. The Balaban J connectivity index is 1.25. The van der Waals surface area contributed by atoms with Gasteiger partial charge in [0.2, 0.25) is 11.8 Å². The average Bonchev–Trinajstić information content (AvgIpc) is 3.38. The third-order valence-electron chi connectivity index (χ3n) is 4.36. The van der Waals surface area contributed by atoms with Crippen LogP contribution in [-0.2, 0) is 17.6 Å². The van der Waals surface area contributed by atoms with E-state index in [-0.39, 0.29) is 22.8 Å². The molecule has 1 aliphatic rings. The number of rotatable bonds is 5. The van der Waals surface area contributed by atoms with Crippen molar-refractivity contribution in [2.45, 2.75) is 30.9 Å². The van der Waals surface area contributed by atoms with E-state index in [0.717, 1.165) is 43.0 Å². The van der Waals surface area contributed by atoms with E-state index in [1.165, 1.54) is 21.8 Å². The molecule has 4 rings (SSSR count). The summed E-state index contributed by atoms with van der Waals surface area (Å²) in [6, 6.07) is 8.93. The second-order valence-electron chi connectivity index (χ2n) is 6.44. The molecule has 7 nitrogen and oxygen atoms in total. The normalized spacial score (nSPS) is 13.0. The van der Waals surface area contributed by atoms with Gasteiger partial charge in [0.25, 0.3) is 11.1 Å². The van der Waals surface area contributed by atoms with Gasteiger partial charge in [0.15, 0.2) is 0 Å². The summed E-state index contributed by atoms with van der Waals surface area (Å²) in [6.45, 7) is 0. The van der Waals surface area contributed by atoms with Crippen molar-refractivity contribution >= 4 is 46.5 Å². The van der Waals surface area contributed by atoms with E-state index < -0.39 is 0 Å². The van der Waals surface area contributed by atoms with E-state index in [2.05, 4.69) is 21.0 Å². The minimum atomic E-state index is -0.365. The number of halogens is 1. The Bertz CT molecular complexity index is 1010. The molecule has 2 aromatic heterocycles. The summed E-state index contributed by atoms with van der Waals surface area (Å²) < 4.78 is 5.53. The highest BCUT2D eigenvalue weighted by molar-refractivity contribution is 7.99. The number of nitrogens with zero attached hydrogens (tertiary/aromatic N) is 2. The fraction of sp³-hybridized carbons (Fsp3) is 0.263. The van der Waals surface area contributed by atoms with Crippen LogP contribution < -0.4 is 10.9 Å². The lowest BCUT2D eigenvalue weighted by Gasteiger charge is -2.08. The second-order valence-corrected chi connectivity index (χ2v) is 8.94. The topological polar surface area (TPSA) is 97.1 Å². The number of carbonyl (C=O) groups excluding carboxylic acids is 2. The van der Waals surface area contributed by atoms with Gasteiger partial charge in [0.1, 0.15) is 0 Å². The molecule has 0 saturated carbocycles. The van der Waals surface area contributed by atoms with Crippen LogP contribution in [0.2, 0.25) is 5.02 Å². The van der Waals surface area contributed by atoms with Crippen LogP contribution in [0.1, 0.15) is 33.0 Å². The Morgan fingerprint density at radius 1 is 1.14 bits per heavy atom. The van der Waals surface area contributed by atoms with Gasteiger partial charge in [-0.1, -0.05) is 23.4 Å². The lowest BCUT2D eigenvalue weighted by atomic mass is 9.99. The van der Waals surface area contributed by atoms with E-state index in [1.807, 2.05) is 6.07 Å². The zero-order chi connectivity index (χ0) is 20.2. The first kappa shape index (κ1) is 19.9. The first-order valence-corrected chi connectivity index (χ1v) is 11.2. The molecule has 0 spiro atoms. The highest BCUT2D eigenvalue weighted by atomic mass is 35.5. The minimum absolute atomic E-state index is 0.0312. The molecular weight excluding hydrogens is 432 g/mol. The SMILES string of the molecule is O=C(CSc1nnc(-c2ccc(Cl)cc2)o1)NNC(=O)c1cc2c(s1)CCCC2. The van der Waals surface area contributed by atoms with Crippen LogP contribution in [0.25, 0.3) is 11.5 Å². The van der Waals surface area contributed by atoms with Gasteiger partial charge in [-0.15, -0.1) is 21.5 Å². The summed E-state index contributed by atoms with van der Waals surface area (Å²) in [6.07, 6.45) is 4.37. The van der Waals surface area contributed by atoms with Crippen LogP contribution in [0.5, 0.6) is 0 Å². The Morgan fingerprint density at radius 2 is 1.93 bits per heavy atom. The number of thioether (sulfide) groups is 1. The van der Waals surface area contributed by atoms with Gasteiger partial charge in [-0.3, -0.25) is 20.4 Å². The van der Waals surface area contributed by atoms with E-state index in [4.69, 9.17) is 16.0 Å². The molecule has 0 aliphatic heterocycles. The number of aromatic nitrogens is 2. The third-order valence-corrected chi connectivity index (χ3v) is 6.67. The first-order valence-electron chi connectivity index (χ1n) is 9.01. The molecular formula is C19H17ClN4O3S2. The molecule has 0 radical (unpaired) electrons. The molecule has 150 valence electrons. The highest BCUT2D eigenvalue weighted by Crippen LogP contribution is 2.29. The summed E-state index contributed by atoms with van der Waals surface area (Å²) in [5.74, 6) is -0.287. The summed E-state index contributed by atoms with van der Waals surface area (Å²) in [5.41, 5.74) is 6.87. The first-order chi connectivity index (χ1) is 14.1. The maximum Gasteiger partial charge on any atom is 0.279 e. The summed E-state index contributed by atoms with van der Waals surface area (Å²) in [5, 5.41) is 8.75. The second kappa shape index (κ2) is 8.98. The number of carbonyl (C=O) groups is 2. The molecule has 0 bridgehead atoms. The lowest BCUT2D eigenvalue weighted by Crippen LogP contribution is -2.42. The zero-order valence-corrected chi connectivity index (χ0v) is 17.6. The number of hydrogen-bond acceptors (Lipinski definition) is 7. The minimum Gasteiger partial charge on any atom is -0.411 e. The van der Waals surface area contributed by atoms with Crippen LogP contribution >= 0.6 is 34.7 Å². The lowest BCUT2D eigenvalue weighted by molar-refractivity contribution is -0.119. The van der Waals surface area contributed by atoms with Crippen LogP contribution in [0.3, 0.4) is 0 Å². The summed E-state index contributed by atoms with van der Waals surface area (Å²) in [4.78, 5) is 26.2. The molecule has 2 N–H and O–H groups in total. The number of benzene rings is 1. The highest BCUT2D eigenvalue weighted by Gasteiger charge is 2.18. The largest absolute Gasteiger partial charge is 0.411 e. The molecule has 29 heavy (non-hydrogen) atoms. The van der Waals surface area contributed by atoms with Gasteiger partial charge >= 0.3 is 0 Å². The standard InChI is InChI=1S/C19H17ClN4O3S2/c20-13-7-5-11(6-8-13)18-23-24-19(27-18)28-10-16(25)21-22-17(26)15-9-12-3-1-2-4-14(12)29-15/h5-9H,1-4,10H2,(H,21,25)(H,22,26). The van der Waals surface area contributed by atoms with Gasteiger partial charge in [0, 0.05) is 15.5 Å².